The van der Waals surface area contributed by atoms with Gasteiger partial charge in [0.2, 0.25) is 5.91 Å². The molecular weight excluding hydrogens is 496 g/mol. The molecule has 0 heterocycles. The smallest absolute Gasteiger partial charge is 0.220 e. The molecule has 4 rings (SSSR count). The largest absolute Gasteiger partial charge is 0.497 e. The predicted octanol–water partition coefficient (Wildman–Crippen LogP) is 6.80. The highest BCUT2D eigenvalue weighted by Gasteiger charge is 2.41. The van der Waals surface area contributed by atoms with E-state index in [0.717, 1.165) is 23.6 Å². The summed E-state index contributed by atoms with van der Waals surface area (Å²) >= 11 is 0. The molecule has 0 aromatic heterocycles. The molecule has 1 N–H and O–H groups in total. The highest BCUT2D eigenvalue weighted by atomic mass is 16.5. The van der Waals surface area contributed by atoms with E-state index in [1.807, 2.05) is 19.1 Å². The van der Waals surface area contributed by atoms with Gasteiger partial charge in [-0.2, -0.15) is 0 Å². The normalized spacial score (nSPS) is 11.3. The summed E-state index contributed by atoms with van der Waals surface area (Å²) in [5, 5.41) is 2.85. The topological polar surface area (TPSA) is 50.8 Å². The highest BCUT2D eigenvalue weighted by Crippen LogP contribution is 2.43. The van der Waals surface area contributed by atoms with E-state index in [9.17, 15) is 4.79 Å². The molecule has 4 aromatic rings. The molecule has 40 heavy (non-hydrogen) atoms. The third kappa shape index (κ3) is 6.54. The second kappa shape index (κ2) is 14.3. The zero-order valence-electron chi connectivity index (χ0n) is 23.8. The van der Waals surface area contributed by atoms with Gasteiger partial charge in [0.25, 0.3) is 0 Å². The van der Waals surface area contributed by atoms with E-state index >= 15 is 0 Å². The molecule has 0 aliphatic rings. The summed E-state index contributed by atoms with van der Waals surface area (Å²) in [6.07, 6.45) is 1.08. The van der Waals surface area contributed by atoms with Crippen LogP contribution in [0.1, 0.15) is 48.9 Å². The Morgan fingerprint density at radius 1 is 0.800 bits per heavy atom. The Bertz CT molecular complexity index is 1230. The van der Waals surface area contributed by atoms with E-state index in [4.69, 9.17) is 9.47 Å². The van der Waals surface area contributed by atoms with Crippen molar-refractivity contribution in [1.29, 1.82) is 0 Å². The first-order valence-electron chi connectivity index (χ1n) is 14.1. The lowest BCUT2D eigenvalue weighted by molar-refractivity contribution is -0.121. The van der Waals surface area contributed by atoms with Gasteiger partial charge in [0.1, 0.15) is 11.5 Å². The molecule has 0 fully saturated rings. The molecule has 0 aliphatic carbocycles. The highest BCUT2D eigenvalue weighted by molar-refractivity contribution is 5.75. The lowest BCUT2D eigenvalue weighted by atomic mass is 9.75. The maximum atomic E-state index is 11.9. The summed E-state index contributed by atoms with van der Waals surface area (Å²) in [6, 6.07) is 38.2. The van der Waals surface area contributed by atoms with Crippen LogP contribution in [0.5, 0.6) is 11.5 Å². The van der Waals surface area contributed by atoms with Gasteiger partial charge in [0, 0.05) is 31.1 Å². The van der Waals surface area contributed by atoms with Crippen LogP contribution in [-0.4, -0.2) is 37.6 Å². The number of ether oxygens (including phenoxy) is 2. The number of benzene rings is 4. The molecule has 5 heteroatoms. The van der Waals surface area contributed by atoms with Crippen molar-refractivity contribution in [3.8, 4) is 11.5 Å². The Kier molecular flexibility index (Phi) is 10.4. The van der Waals surface area contributed by atoms with Crippen LogP contribution in [0.4, 0.5) is 0 Å². The summed E-state index contributed by atoms with van der Waals surface area (Å²) < 4.78 is 11.8. The van der Waals surface area contributed by atoms with Crippen LogP contribution < -0.4 is 14.8 Å². The van der Waals surface area contributed by atoms with Gasteiger partial charge in [-0.3, -0.25) is 9.69 Å². The van der Waals surface area contributed by atoms with Crippen LogP contribution in [0, 0.1) is 0 Å². The van der Waals surface area contributed by atoms with E-state index < -0.39 is 5.54 Å². The lowest BCUT2D eigenvalue weighted by Gasteiger charge is -2.45. The number of amides is 1. The first-order valence-corrected chi connectivity index (χ1v) is 14.1. The Morgan fingerprint density at radius 3 is 1.82 bits per heavy atom. The Hall–Kier alpha value is -4.09. The zero-order chi connectivity index (χ0) is 28.2. The minimum absolute atomic E-state index is 0.0486. The van der Waals surface area contributed by atoms with Crippen LogP contribution in [0.15, 0.2) is 109 Å². The first-order chi connectivity index (χ1) is 19.6. The standard InChI is InChI=1S/C35H40N2O3/c1-4-36-34(38)22-15-25-40-33-26-32(39-3)24-23-28(33)27-37(5-2)35(29-16-9-6-10-17-29,30-18-11-7-12-19-30)31-20-13-8-14-21-31/h6-14,16-21,23-24,26H,4-5,15,22,25,27H2,1-3H3,(H,36,38). The summed E-state index contributed by atoms with van der Waals surface area (Å²) in [5.74, 6) is 1.57. The molecule has 0 bridgehead atoms. The number of nitrogens with zero attached hydrogens (tertiary/aromatic N) is 1. The minimum atomic E-state index is -0.534. The fourth-order valence-electron chi connectivity index (χ4n) is 5.39. The van der Waals surface area contributed by atoms with Gasteiger partial charge in [-0.1, -0.05) is 104 Å². The van der Waals surface area contributed by atoms with E-state index in [1.165, 1.54) is 16.7 Å². The molecule has 0 saturated carbocycles. The van der Waals surface area contributed by atoms with E-state index in [1.54, 1.807) is 7.11 Å². The molecule has 1 amide bonds. The predicted molar refractivity (Wildman–Crippen MR) is 162 cm³/mol. The third-order valence-corrected chi connectivity index (χ3v) is 7.25. The van der Waals surface area contributed by atoms with Crippen molar-refractivity contribution < 1.29 is 14.3 Å². The maximum absolute atomic E-state index is 11.9. The molecule has 4 aromatic carbocycles. The number of carbonyl (C=O) groups is 1. The number of hydrogen-bond acceptors (Lipinski definition) is 4. The van der Waals surface area contributed by atoms with Gasteiger partial charge in [-0.05, 0) is 42.6 Å². The van der Waals surface area contributed by atoms with Gasteiger partial charge in [-0.15, -0.1) is 0 Å². The lowest BCUT2D eigenvalue weighted by Crippen LogP contribution is -2.47. The molecule has 0 atom stereocenters. The average Bonchev–Trinajstić information content (AvgIpc) is 3.01. The number of carbonyl (C=O) groups excluding carboxylic acids is 1. The van der Waals surface area contributed by atoms with Crippen molar-refractivity contribution in [3.05, 3.63) is 131 Å². The Balaban J connectivity index is 1.77. The van der Waals surface area contributed by atoms with Crippen molar-refractivity contribution in [1.82, 2.24) is 10.2 Å². The molecule has 0 radical (unpaired) electrons. The first kappa shape index (κ1) is 28.9. The Labute approximate surface area is 238 Å². The van der Waals surface area contributed by atoms with Crippen LogP contribution in [0.3, 0.4) is 0 Å². The summed E-state index contributed by atoms with van der Waals surface area (Å²) in [5.41, 5.74) is 4.13. The second-order valence-electron chi connectivity index (χ2n) is 9.70. The van der Waals surface area contributed by atoms with E-state index in [-0.39, 0.29) is 5.91 Å². The summed E-state index contributed by atoms with van der Waals surface area (Å²) in [4.78, 5) is 14.4. The molecule has 5 nitrogen and oxygen atoms in total. The van der Waals surface area contributed by atoms with Gasteiger partial charge < -0.3 is 14.8 Å². The van der Waals surface area contributed by atoms with Crippen LogP contribution >= 0.6 is 0 Å². The monoisotopic (exact) mass is 536 g/mol. The number of nitrogens with one attached hydrogen (secondary N) is 1. The fraction of sp³-hybridized carbons (Fsp3) is 0.286. The summed E-state index contributed by atoms with van der Waals surface area (Å²) in [6.45, 7) is 6.66. The summed E-state index contributed by atoms with van der Waals surface area (Å²) in [7, 11) is 1.66. The number of hydrogen-bond donors (Lipinski definition) is 1. The second-order valence-corrected chi connectivity index (χ2v) is 9.70. The fourth-order valence-corrected chi connectivity index (χ4v) is 5.39. The number of rotatable bonds is 14. The Morgan fingerprint density at radius 2 is 1.35 bits per heavy atom. The molecule has 0 aliphatic heterocycles. The van der Waals surface area contributed by atoms with Crippen molar-refractivity contribution in [2.75, 3.05) is 26.8 Å². The van der Waals surface area contributed by atoms with Crippen molar-refractivity contribution in [3.63, 3.8) is 0 Å². The van der Waals surface area contributed by atoms with Crippen molar-refractivity contribution in [2.45, 2.75) is 38.8 Å². The van der Waals surface area contributed by atoms with Crippen LogP contribution in [0.2, 0.25) is 0 Å². The molecule has 208 valence electrons. The molecule has 0 saturated heterocycles. The van der Waals surface area contributed by atoms with Crippen molar-refractivity contribution in [2.24, 2.45) is 0 Å². The average molecular weight is 537 g/mol. The van der Waals surface area contributed by atoms with Crippen LogP contribution in [0.25, 0.3) is 0 Å². The SMILES string of the molecule is CCNC(=O)CCCOc1cc(OC)ccc1CN(CC)C(c1ccccc1)(c1ccccc1)c1ccccc1. The number of methoxy groups -OCH3 is 1. The van der Waals surface area contributed by atoms with Crippen molar-refractivity contribution >= 4 is 5.91 Å². The molecular formula is C35H40N2O3. The van der Waals surface area contributed by atoms with Gasteiger partial charge >= 0.3 is 0 Å². The van der Waals surface area contributed by atoms with E-state index in [2.05, 4.69) is 114 Å². The molecule has 0 unspecified atom stereocenters. The molecule has 0 spiro atoms. The van der Waals surface area contributed by atoms with E-state index in [0.29, 0.717) is 32.5 Å². The third-order valence-electron chi connectivity index (χ3n) is 7.25. The maximum Gasteiger partial charge on any atom is 0.220 e. The minimum Gasteiger partial charge on any atom is -0.497 e. The van der Waals surface area contributed by atoms with Gasteiger partial charge in [-0.25, -0.2) is 0 Å². The zero-order valence-corrected chi connectivity index (χ0v) is 23.8. The quantitative estimate of drug-likeness (QED) is 0.142. The van der Waals surface area contributed by atoms with Crippen LogP contribution in [-0.2, 0) is 16.9 Å². The van der Waals surface area contributed by atoms with Gasteiger partial charge in [0.15, 0.2) is 0 Å². The van der Waals surface area contributed by atoms with Gasteiger partial charge in [0.05, 0.1) is 19.3 Å².